The summed E-state index contributed by atoms with van der Waals surface area (Å²) in [5.41, 5.74) is 2.89. The normalized spacial score (nSPS) is 27.8. The third-order valence-corrected chi connectivity index (χ3v) is 7.61. The molecule has 1 aliphatic heterocycles. The van der Waals surface area contributed by atoms with Gasteiger partial charge in [-0.2, -0.15) is 0 Å². The lowest BCUT2D eigenvalue weighted by Gasteiger charge is -2.27. The minimum absolute atomic E-state index is 0.173. The first kappa shape index (κ1) is 17.8. The lowest BCUT2D eigenvalue weighted by molar-refractivity contribution is 0.515. The Morgan fingerprint density at radius 3 is 2.62 bits per heavy atom. The van der Waals surface area contributed by atoms with Gasteiger partial charge in [-0.3, -0.25) is 4.99 Å². The topological polar surface area (TPSA) is 70.6 Å². The lowest BCUT2D eigenvalue weighted by atomic mass is 9.88. The summed E-state index contributed by atoms with van der Waals surface area (Å²) < 4.78 is 23.3. The van der Waals surface area contributed by atoms with Crippen LogP contribution in [0.25, 0.3) is 0 Å². The van der Waals surface area contributed by atoms with E-state index < -0.39 is 9.84 Å². The number of sulfone groups is 1. The van der Waals surface area contributed by atoms with Crippen molar-refractivity contribution in [2.45, 2.75) is 44.6 Å². The van der Waals surface area contributed by atoms with Crippen LogP contribution in [0.4, 0.5) is 0 Å². The van der Waals surface area contributed by atoms with Gasteiger partial charge in [0, 0.05) is 19.1 Å². The van der Waals surface area contributed by atoms with Crippen molar-refractivity contribution < 1.29 is 8.42 Å². The van der Waals surface area contributed by atoms with Crippen LogP contribution in [-0.4, -0.2) is 45.0 Å². The molecule has 0 radical (unpaired) electrons. The molecular formula is C20H29N3O2S. The van der Waals surface area contributed by atoms with E-state index in [1.54, 1.807) is 0 Å². The molecule has 1 aromatic carbocycles. The first-order valence-electron chi connectivity index (χ1n) is 9.89. The molecule has 0 spiro atoms. The summed E-state index contributed by atoms with van der Waals surface area (Å²) in [6, 6.07) is 9.07. The number of nitrogens with one attached hydrogen (secondary N) is 2. The number of guanidine groups is 1. The van der Waals surface area contributed by atoms with E-state index in [2.05, 4.69) is 34.9 Å². The molecular weight excluding hydrogens is 346 g/mol. The number of aliphatic imine (C=N–C) groups is 1. The van der Waals surface area contributed by atoms with Crippen molar-refractivity contribution in [2.24, 2.45) is 16.8 Å². The maximum atomic E-state index is 11.7. The summed E-state index contributed by atoms with van der Waals surface area (Å²) in [5.74, 6) is 2.44. The van der Waals surface area contributed by atoms with E-state index in [1.807, 2.05) is 0 Å². The van der Waals surface area contributed by atoms with Crippen LogP contribution >= 0.6 is 0 Å². The van der Waals surface area contributed by atoms with Crippen molar-refractivity contribution in [2.75, 3.05) is 24.6 Å². The Morgan fingerprint density at radius 1 is 1.08 bits per heavy atom. The van der Waals surface area contributed by atoms with Crippen LogP contribution in [0.2, 0.25) is 0 Å². The predicted molar refractivity (Wildman–Crippen MR) is 105 cm³/mol. The molecule has 26 heavy (non-hydrogen) atoms. The molecule has 1 saturated carbocycles. The minimum Gasteiger partial charge on any atom is -0.356 e. The van der Waals surface area contributed by atoms with Crippen molar-refractivity contribution in [1.29, 1.82) is 0 Å². The van der Waals surface area contributed by atoms with Crippen LogP contribution in [0.3, 0.4) is 0 Å². The van der Waals surface area contributed by atoms with Crippen LogP contribution in [0.15, 0.2) is 29.3 Å². The minimum atomic E-state index is -2.83. The number of hydrogen-bond acceptors (Lipinski definition) is 3. The molecule has 4 rings (SSSR count). The molecule has 1 aromatic rings. The molecule has 0 bridgehead atoms. The molecule has 1 heterocycles. The van der Waals surface area contributed by atoms with Crippen LogP contribution in [0.5, 0.6) is 0 Å². The number of rotatable bonds is 5. The second kappa shape index (κ2) is 7.59. The van der Waals surface area contributed by atoms with Gasteiger partial charge in [-0.1, -0.05) is 24.3 Å². The SMILES string of the molecule is O=S1(=O)CCC(CN=C(NCC2CC2)NC2CCc3ccccc3C2)C1. The van der Waals surface area contributed by atoms with E-state index in [-0.39, 0.29) is 5.92 Å². The van der Waals surface area contributed by atoms with E-state index in [4.69, 9.17) is 4.99 Å². The molecule has 0 aromatic heterocycles. The number of nitrogens with zero attached hydrogens (tertiary/aromatic N) is 1. The number of benzene rings is 1. The smallest absolute Gasteiger partial charge is 0.191 e. The average Bonchev–Trinajstić information content (AvgIpc) is 3.39. The summed E-state index contributed by atoms with van der Waals surface area (Å²) in [6.45, 7) is 1.57. The first-order chi connectivity index (χ1) is 12.6. The fourth-order valence-electron chi connectivity index (χ4n) is 3.97. The fourth-order valence-corrected chi connectivity index (χ4v) is 5.82. The Kier molecular flexibility index (Phi) is 5.20. The van der Waals surface area contributed by atoms with Crippen molar-refractivity contribution in [3.63, 3.8) is 0 Å². The second-order valence-electron chi connectivity index (χ2n) is 8.14. The third-order valence-electron chi connectivity index (χ3n) is 5.78. The molecule has 5 nitrogen and oxygen atoms in total. The molecule has 3 aliphatic rings. The lowest BCUT2D eigenvalue weighted by Crippen LogP contribution is -2.46. The van der Waals surface area contributed by atoms with E-state index in [9.17, 15) is 8.42 Å². The number of hydrogen-bond donors (Lipinski definition) is 2. The largest absolute Gasteiger partial charge is 0.356 e. The Labute approximate surface area is 156 Å². The van der Waals surface area contributed by atoms with Gasteiger partial charge in [0.15, 0.2) is 15.8 Å². The van der Waals surface area contributed by atoms with E-state index in [1.165, 1.54) is 24.0 Å². The third kappa shape index (κ3) is 4.78. The standard InChI is InChI=1S/C20H29N3O2S/c24-26(25)10-9-16(14-26)13-22-20(21-12-15-5-6-15)23-19-8-7-17-3-1-2-4-18(17)11-19/h1-4,15-16,19H,5-14H2,(H2,21,22,23). The quantitative estimate of drug-likeness (QED) is 0.609. The van der Waals surface area contributed by atoms with Gasteiger partial charge in [0.25, 0.3) is 0 Å². The van der Waals surface area contributed by atoms with Crippen LogP contribution in [-0.2, 0) is 22.7 Å². The van der Waals surface area contributed by atoms with Gasteiger partial charge in [0.2, 0.25) is 0 Å². The Morgan fingerprint density at radius 2 is 1.88 bits per heavy atom. The van der Waals surface area contributed by atoms with Gasteiger partial charge >= 0.3 is 0 Å². The van der Waals surface area contributed by atoms with E-state index in [0.29, 0.717) is 24.1 Å². The highest BCUT2D eigenvalue weighted by molar-refractivity contribution is 7.91. The van der Waals surface area contributed by atoms with E-state index in [0.717, 1.165) is 44.1 Å². The van der Waals surface area contributed by atoms with Crippen molar-refractivity contribution in [3.05, 3.63) is 35.4 Å². The van der Waals surface area contributed by atoms with Crippen molar-refractivity contribution in [1.82, 2.24) is 10.6 Å². The van der Waals surface area contributed by atoms with Gasteiger partial charge < -0.3 is 10.6 Å². The number of aryl methyl sites for hydroxylation is 1. The average molecular weight is 376 g/mol. The maximum absolute atomic E-state index is 11.7. The summed E-state index contributed by atoms with van der Waals surface area (Å²) in [7, 11) is -2.83. The summed E-state index contributed by atoms with van der Waals surface area (Å²) >= 11 is 0. The maximum Gasteiger partial charge on any atom is 0.191 e. The van der Waals surface area contributed by atoms with Gasteiger partial charge in [0.1, 0.15) is 0 Å². The van der Waals surface area contributed by atoms with Crippen LogP contribution < -0.4 is 10.6 Å². The van der Waals surface area contributed by atoms with Gasteiger partial charge in [0.05, 0.1) is 11.5 Å². The predicted octanol–water partition coefficient (Wildman–Crippen LogP) is 1.92. The van der Waals surface area contributed by atoms with Crippen LogP contribution in [0.1, 0.15) is 36.8 Å². The highest BCUT2D eigenvalue weighted by atomic mass is 32.2. The molecule has 6 heteroatoms. The molecule has 2 N–H and O–H groups in total. The summed E-state index contributed by atoms with van der Waals surface area (Å²) in [5, 5.41) is 7.10. The zero-order valence-electron chi connectivity index (χ0n) is 15.3. The molecule has 2 unspecified atom stereocenters. The molecule has 0 amide bonds. The van der Waals surface area contributed by atoms with Crippen molar-refractivity contribution in [3.8, 4) is 0 Å². The summed E-state index contributed by atoms with van der Waals surface area (Å²) in [4.78, 5) is 4.75. The van der Waals surface area contributed by atoms with Gasteiger partial charge in [-0.15, -0.1) is 0 Å². The fraction of sp³-hybridized carbons (Fsp3) is 0.650. The highest BCUT2D eigenvalue weighted by Gasteiger charge is 2.28. The summed E-state index contributed by atoms with van der Waals surface area (Å²) in [6.07, 6.45) is 6.59. The Balaban J connectivity index is 1.37. The number of fused-ring (bicyclic) bond motifs is 1. The Hall–Kier alpha value is -1.56. The molecule has 1 saturated heterocycles. The van der Waals surface area contributed by atoms with Gasteiger partial charge in [-0.25, -0.2) is 8.42 Å². The molecule has 2 aliphatic carbocycles. The molecule has 142 valence electrons. The zero-order valence-corrected chi connectivity index (χ0v) is 16.1. The molecule has 2 fully saturated rings. The Bertz CT molecular complexity index is 771. The van der Waals surface area contributed by atoms with E-state index >= 15 is 0 Å². The first-order valence-corrected chi connectivity index (χ1v) is 11.7. The molecule has 2 atom stereocenters. The van der Waals surface area contributed by atoms with Crippen LogP contribution in [0, 0.1) is 11.8 Å². The highest BCUT2D eigenvalue weighted by Crippen LogP contribution is 2.27. The van der Waals surface area contributed by atoms with Crippen molar-refractivity contribution >= 4 is 15.8 Å². The zero-order chi connectivity index (χ0) is 18.0. The van der Waals surface area contributed by atoms with Gasteiger partial charge in [-0.05, 0) is 61.5 Å². The second-order valence-corrected chi connectivity index (χ2v) is 10.4. The monoisotopic (exact) mass is 375 g/mol.